The lowest BCUT2D eigenvalue weighted by molar-refractivity contribution is 0.241. The van der Waals surface area contributed by atoms with Gasteiger partial charge in [-0.2, -0.15) is 0 Å². The summed E-state index contributed by atoms with van der Waals surface area (Å²) in [5.41, 5.74) is 2.65. The predicted molar refractivity (Wildman–Crippen MR) is 89.3 cm³/mol. The molecule has 0 aliphatic heterocycles. The predicted octanol–water partition coefficient (Wildman–Crippen LogP) is 3.43. The molecule has 0 spiro atoms. The van der Waals surface area contributed by atoms with Crippen molar-refractivity contribution in [2.24, 2.45) is 0 Å². The maximum Gasteiger partial charge on any atom is 0.314 e. The summed E-state index contributed by atoms with van der Waals surface area (Å²) in [7, 11) is 1.66. The molecule has 0 fully saturated rings. The van der Waals surface area contributed by atoms with Crippen molar-refractivity contribution in [1.82, 2.24) is 10.6 Å². The molecule has 1 aliphatic rings. The van der Waals surface area contributed by atoms with E-state index in [4.69, 9.17) is 4.74 Å². The Balaban J connectivity index is 1.60. The SMILES string of the molecule is COc1cccc(CCNC(=O)NCCC2=CCCCC2)c1. The van der Waals surface area contributed by atoms with E-state index < -0.39 is 0 Å². The summed E-state index contributed by atoms with van der Waals surface area (Å²) in [6.07, 6.45) is 9.09. The van der Waals surface area contributed by atoms with Crippen molar-refractivity contribution in [3.63, 3.8) is 0 Å². The Morgan fingerprint density at radius 1 is 1.18 bits per heavy atom. The zero-order chi connectivity index (χ0) is 15.6. The third kappa shape index (κ3) is 5.80. The fraction of sp³-hybridized carbons (Fsp3) is 0.500. The Morgan fingerprint density at radius 3 is 2.73 bits per heavy atom. The van der Waals surface area contributed by atoms with E-state index in [0.29, 0.717) is 6.54 Å². The monoisotopic (exact) mass is 302 g/mol. The lowest BCUT2D eigenvalue weighted by Crippen LogP contribution is -2.37. The molecular formula is C18H26N2O2. The van der Waals surface area contributed by atoms with Crippen molar-refractivity contribution in [2.75, 3.05) is 20.2 Å². The van der Waals surface area contributed by atoms with Gasteiger partial charge in [0.2, 0.25) is 0 Å². The first kappa shape index (κ1) is 16.4. The van der Waals surface area contributed by atoms with Gasteiger partial charge in [0.15, 0.2) is 0 Å². The van der Waals surface area contributed by atoms with Gasteiger partial charge >= 0.3 is 6.03 Å². The van der Waals surface area contributed by atoms with Crippen molar-refractivity contribution >= 4 is 6.03 Å². The zero-order valence-electron chi connectivity index (χ0n) is 13.4. The molecule has 0 aromatic heterocycles. The number of allylic oxidation sites excluding steroid dienone is 1. The number of hydrogen-bond acceptors (Lipinski definition) is 2. The van der Waals surface area contributed by atoms with Gasteiger partial charge in [0.25, 0.3) is 0 Å². The van der Waals surface area contributed by atoms with E-state index in [2.05, 4.69) is 16.7 Å². The maximum atomic E-state index is 11.7. The standard InChI is InChI=1S/C18H26N2O2/c1-22-17-9-5-8-16(14-17)11-13-20-18(21)19-12-10-15-6-3-2-4-7-15/h5-6,8-9,14H,2-4,7,10-13H2,1H3,(H2,19,20,21). The number of amides is 2. The van der Waals surface area contributed by atoms with Crippen LogP contribution in [0.25, 0.3) is 0 Å². The molecule has 2 rings (SSSR count). The van der Waals surface area contributed by atoms with E-state index in [1.807, 2.05) is 24.3 Å². The number of hydrogen-bond donors (Lipinski definition) is 2. The Bertz CT molecular complexity index is 512. The van der Waals surface area contributed by atoms with E-state index in [1.165, 1.54) is 31.3 Å². The number of carbonyl (C=O) groups excluding carboxylic acids is 1. The topological polar surface area (TPSA) is 50.4 Å². The maximum absolute atomic E-state index is 11.7. The van der Waals surface area contributed by atoms with Crippen LogP contribution < -0.4 is 15.4 Å². The molecular weight excluding hydrogens is 276 g/mol. The van der Waals surface area contributed by atoms with E-state index in [9.17, 15) is 4.79 Å². The highest BCUT2D eigenvalue weighted by molar-refractivity contribution is 5.73. The van der Waals surface area contributed by atoms with Crippen LogP contribution in [0, 0.1) is 0 Å². The molecule has 0 radical (unpaired) electrons. The molecule has 4 nitrogen and oxygen atoms in total. The van der Waals surface area contributed by atoms with E-state index in [-0.39, 0.29) is 6.03 Å². The molecule has 4 heteroatoms. The van der Waals surface area contributed by atoms with Crippen molar-refractivity contribution in [3.05, 3.63) is 41.5 Å². The van der Waals surface area contributed by atoms with Crippen LogP contribution in [0.1, 0.15) is 37.7 Å². The second-order valence-electron chi connectivity index (χ2n) is 5.64. The van der Waals surface area contributed by atoms with Crippen molar-refractivity contribution < 1.29 is 9.53 Å². The van der Waals surface area contributed by atoms with Crippen molar-refractivity contribution in [1.29, 1.82) is 0 Å². The molecule has 1 aromatic rings. The minimum atomic E-state index is -0.0840. The first-order chi connectivity index (χ1) is 10.8. The molecule has 2 amide bonds. The van der Waals surface area contributed by atoms with Gasteiger partial charge in [-0.15, -0.1) is 0 Å². The number of nitrogens with one attached hydrogen (secondary N) is 2. The van der Waals surface area contributed by atoms with Gasteiger partial charge in [0.05, 0.1) is 7.11 Å². The molecule has 22 heavy (non-hydrogen) atoms. The molecule has 2 N–H and O–H groups in total. The van der Waals surface area contributed by atoms with Crippen LogP contribution in [0.3, 0.4) is 0 Å². The number of methoxy groups -OCH3 is 1. The summed E-state index contributed by atoms with van der Waals surface area (Å²) in [4.78, 5) is 11.7. The van der Waals surface area contributed by atoms with E-state index >= 15 is 0 Å². The molecule has 0 saturated carbocycles. The molecule has 120 valence electrons. The highest BCUT2D eigenvalue weighted by Crippen LogP contribution is 2.19. The van der Waals surface area contributed by atoms with Crippen LogP contribution in [0.4, 0.5) is 4.79 Å². The number of urea groups is 1. The van der Waals surface area contributed by atoms with Gasteiger partial charge in [-0.25, -0.2) is 4.79 Å². The number of ether oxygens (including phenoxy) is 1. The summed E-state index contributed by atoms with van der Waals surface area (Å²) in [6, 6.07) is 7.84. The number of rotatable bonds is 7. The van der Waals surface area contributed by atoms with Crippen LogP contribution >= 0.6 is 0 Å². The van der Waals surface area contributed by atoms with Gasteiger partial charge in [-0.3, -0.25) is 0 Å². The molecule has 0 bridgehead atoms. The molecule has 0 unspecified atom stereocenters. The van der Waals surface area contributed by atoms with Gasteiger partial charge < -0.3 is 15.4 Å². The molecule has 1 aliphatic carbocycles. The zero-order valence-corrected chi connectivity index (χ0v) is 13.4. The summed E-state index contributed by atoms with van der Waals surface area (Å²) < 4.78 is 5.19. The highest BCUT2D eigenvalue weighted by atomic mass is 16.5. The fourth-order valence-corrected chi connectivity index (χ4v) is 2.68. The molecule has 0 heterocycles. The summed E-state index contributed by atoms with van der Waals surface area (Å²) in [5, 5.41) is 5.82. The largest absolute Gasteiger partial charge is 0.497 e. The minimum absolute atomic E-state index is 0.0840. The molecule has 1 aromatic carbocycles. The quantitative estimate of drug-likeness (QED) is 0.758. The molecule has 0 saturated heterocycles. The highest BCUT2D eigenvalue weighted by Gasteiger charge is 2.05. The lowest BCUT2D eigenvalue weighted by atomic mass is 9.97. The number of carbonyl (C=O) groups is 1. The van der Waals surface area contributed by atoms with Crippen molar-refractivity contribution in [2.45, 2.75) is 38.5 Å². The average molecular weight is 302 g/mol. The van der Waals surface area contributed by atoms with Crippen LogP contribution in [0.5, 0.6) is 5.75 Å². The van der Waals surface area contributed by atoms with Gasteiger partial charge in [0, 0.05) is 13.1 Å². The molecule has 0 atom stereocenters. The average Bonchev–Trinajstić information content (AvgIpc) is 2.56. The van der Waals surface area contributed by atoms with Gasteiger partial charge in [0.1, 0.15) is 5.75 Å². The first-order valence-corrected chi connectivity index (χ1v) is 8.10. The van der Waals surface area contributed by atoms with Crippen LogP contribution in [-0.4, -0.2) is 26.2 Å². The lowest BCUT2D eigenvalue weighted by Gasteiger charge is -2.13. The van der Waals surface area contributed by atoms with Crippen LogP contribution in [0.15, 0.2) is 35.9 Å². The summed E-state index contributed by atoms with van der Waals surface area (Å²) >= 11 is 0. The van der Waals surface area contributed by atoms with E-state index in [1.54, 1.807) is 7.11 Å². The summed E-state index contributed by atoms with van der Waals surface area (Å²) in [6.45, 7) is 1.35. The van der Waals surface area contributed by atoms with Gasteiger partial charge in [-0.05, 0) is 56.2 Å². The second kappa shape index (κ2) is 9.13. The van der Waals surface area contributed by atoms with Crippen LogP contribution in [-0.2, 0) is 6.42 Å². The van der Waals surface area contributed by atoms with Crippen LogP contribution in [0.2, 0.25) is 0 Å². The normalized spacial score (nSPS) is 14.1. The Hall–Kier alpha value is -1.97. The second-order valence-corrected chi connectivity index (χ2v) is 5.64. The summed E-state index contributed by atoms with van der Waals surface area (Å²) in [5.74, 6) is 0.850. The van der Waals surface area contributed by atoms with Gasteiger partial charge in [-0.1, -0.05) is 23.8 Å². The number of benzene rings is 1. The third-order valence-electron chi connectivity index (χ3n) is 3.95. The Kier molecular flexibility index (Phi) is 6.81. The first-order valence-electron chi connectivity index (χ1n) is 8.10. The Labute approximate surface area is 132 Å². The smallest absolute Gasteiger partial charge is 0.314 e. The Morgan fingerprint density at radius 2 is 2.00 bits per heavy atom. The fourth-order valence-electron chi connectivity index (χ4n) is 2.68. The van der Waals surface area contributed by atoms with Crippen molar-refractivity contribution in [3.8, 4) is 5.75 Å². The van der Waals surface area contributed by atoms with E-state index in [0.717, 1.165) is 30.7 Å². The third-order valence-corrected chi connectivity index (χ3v) is 3.95. The minimum Gasteiger partial charge on any atom is -0.497 e.